The molecule has 1 atom stereocenters. The van der Waals surface area contributed by atoms with Crippen LogP contribution in [0.15, 0.2) is 24.3 Å². The van der Waals surface area contributed by atoms with Gasteiger partial charge in [0.2, 0.25) is 0 Å². The highest BCUT2D eigenvalue weighted by Crippen LogP contribution is 2.59. The van der Waals surface area contributed by atoms with Gasteiger partial charge in [-0.1, -0.05) is 11.6 Å². The van der Waals surface area contributed by atoms with Gasteiger partial charge in [-0.3, -0.25) is 9.59 Å². The van der Waals surface area contributed by atoms with E-state index in [1.807, 2.05) is 7.05 Å². The van der Waals surface area contributed by atoms with Crippen molar-refractivity contribution in [2.45, 2.75) is 38.5 Å². The normalized spacial score (nSPS) is 31.4. The zero-order valence-electron chi connectivity index (χ0n) is 16.6. The highest BCUT2D eigenvalue weighted by atomic mass is 35.5. The highest BCUT2D eigenvalue weighted by Gasteiger charge is 2.50. The number of benzene rings is 1. The number of rotatable bonds is 7. The van der Waals surface area contributed by atoms with Gasteiger partial charge < -0.3 is 15.5 Å². The predicted octanol–water partition coefficient (Wildman–Crippen LogP) is 2.13. The summed E-state index contributed by atoms with van der Waals surface area (Å²) in [5.74, 6) is 2.63. The number of amides is 2. The highest BCUT2D eigenvalue weighted by molar-refractivity contribution is 6.30. The summed E-state index contributed by atoms with van der Waals surface area (Å²) in [7, 11) is 1.88. The lowest BCUT2D eigenvalue weighted by Crippen LogP contribution is -3.11. The molecule has 4 fully saturated rings. The zero-order chi connectivity index (χ0) is 19.7. The Morgan fingerprint density at radius 2 is 1.54 bits per heavy atom. The summed E-state index contributed by atoms with van der Waals surface area (Å²) in [5.41, 5.74) is 1.07. The summed E-state index contributed by atoms with van der Waals surface area (Å²) in [5, 5.41) is 6.67. The van der Waals surface area contributed by atoms with Gasteiger partial charge in [0, 0.05) is 17.3 Å². The van der Waals surface area contributed by atoms with Crippen molar-refractivity contribution in [1.82, 2.24) is 5.32 Å². The summed E-state index contributed by atoms with van der Waals surface area (Å²) in [6.07, 6.45) is 8.15. The molecule has 1 aromatic carbocycles. The molecule has 0 heterocycles. The van der Waals surface area contributed by atoms with E-state index in [1.54, 1.807) is 24.3 Å². The number of carbonyl (C=O) groups is 2. The molecule has 152 valence electrons. The molecule has 4 aliphatic rings. The van der Waals surface area contributed by atoms with Crippen molar-refractivity contribution in [3.8, 4) is 0 Å². The number of halogens is 1. The van der Waals surface area contributed by atoms with Crippen molar-refractivity contribution >= 4 is 29.1 Å². The van der Waals surface area contributed by atoms with Crippen molar-refractivity contribution in [1.29, 1.82) is 0 Å². The van der Waals surface area contributed by atoms with Gasteiger partial charge in [-0.05, 0) is 86.0 Å². The fourth-order valence-corrected chi connectivity index (χ4v) is 6.33. The molecule has 1 unspecified atom stereocenters. The summed E-state index contributed by atoms with van der Waals surface area (Å²) in [6.45, 7) is 1.40. The Kier molecular flexibility index (Phi) is 5.66. The summed E-state index contributed by atoms with van der Waals surface area (Å²) < 4.78 is 0. The third-order valence-electron chi connectivity index (χ3n) is 6.88. The van der Waals surface area contributed by atoms with E-state index >= 15 is 0 Å². The van der Waals surface area contributed by atoms with Gasteiger partial charge >= 0.3 is 0 Å². The van der Waals surface area contributed by atoms with Crippen LogP contribution in [0, 0.1) is 23.2 Å². The van der Waals surface area contributed by atoms with Crippen LogP contribution in [-0.4, -0.2) is 38.5 Å². The fourth-order valence-electron chi connectivity index (χ4n) is 6.20. The maximum Gasteiger partial charge on any atom is 0.279 e. The van der Waals surface area contributed by atoms with Crippen molar-refractivity contribution in [2.24, 2.45) is 23.2 Å². The minimum Gasteiger partial charge on any atom is -0.351 e. The van der Waals surface area contributed by atoms with E-state index in [-0.39, 0.29) is 18.4 Å². The number of likely N-dealkylation sites (N-methyl/N-ethyl adjacent to an activating group) is 1. The smallest absolute Gasteiger partial charge is 0.279 e. The third-order valence-corrected chi connectivity index (χ3v) is 7.13. The van der Waals surface area contributed by atoms with Crippen LogP contribution in [0.1, 0.15) is 38.5 Å². The van der Waals surface area contributed by atoms with Crippen molar-refractivity contribution in [2.75, 3.05) is 32.0 Å². The minimum absolute atomic E-state index is 0.0486. The van der Waals surface area contributed by atoms with Crippen LogP contribution in [0.3, 0.4) is 0 Å². The van der Waals surface area contributed by atoms with Crippen LogP contribution in [0.4, 0.5) is 5.69 Å². The number of quaternary nitrogens is 1. The topological polar surface area (TPSA) is 62.6 Å². The van der Waals surface area contributed by atoms with Gasteiger partial charge in [0.1, 0.15) is 0 Å². The average molecular weight is 405 g/mol. The van der Waals surface area contributed by atoms with E-state index < -0.39 is 0 Å². The standard InChI is InChI=1S/C22H30ClN3O2/c1-26(13-21(28)25-19-4-2-18(23)3-5-19)12-20(27)24-14-22-9-15-6-16(10-22)8-17(7-15)11-22/h2-5,15-17H,6-14H2,1H3,(H,24,27)(H,25,28)/p+1. The molecule has 0 spiro atoms. The summed E-state index contributed by atoms with van der Waals surface area (Å²) in [4.78, 5) is 25.5. The van der Waals surface area contributed by atoms with Gasteiger partial charge in [-0.2, -0.15) is 0 Å². The lowest BCUT2D eigenvalue weighted by Gasteiger charge is -2.56. The average Bonchev–Trinajstić information content (AvgIpc) is 2.61. The monoisotopic (exact) mass is 404 g/mol. The number of anilines is 1. The van der Waals surface area contributed by atoms with E-state index in [0.717, 1.165) is 29.2 Å². The first kappa shape index (κ1) is 19.7. The summed E-state index contributed by atoms with van der Waals surface area (Å²) in [6, 6.07) is 7.03. The van der Waals surface area contributed by atoms with Crippen LogP contribution in [-0.2, 0) is 9.59 Å². The predicted molar refractivity (Wildman–Crippen MR) is 110 cm³/mol. The molecule has 0 radical (unpaired) electrons. The molecule has 28 heavy (non-hydrogen) atoms. The Bertz CT molecular complexity index is 699. The van der Waals surface area contributed by atoms with Crippen molar-refractivity contribution < 1.29 is 14.5 Å². The molecule has 5 nitrogen and oxygen atoms in total. The van der Waals surface area contributed by atoms with E-state index in [4.69, 9.17) is 11.6 Å². The molecule has 4 aliphatic carbocycles. The van der Waals surface area contributed by atoms with Gasteiger partial charge in [0.05, 0.1) is 7.05 Å². The largest absolute Gasteiger partial charge is 0.351 e. The maximum atomic E-state index is 12.4. The molecule has 0 aliphatic heterocycles. The first-order chi connectivity index (χ1) is 13.4. The number of nitrogens with one attached hydrogen (secondary N) is 3. The molecule has 1 aromatic rings. The van der Waals surface area contributed by atoms with Crippen LogP contribution in [0.5, 0.6) is 0 Å². The summed E-state index contributed by atoms with van der Waals surface area (Å²) >= 11 is 5.86. The van der Waals surface area contributed by atoms with Crippen molar-refractivity contribution in [3.05, 3.63) is 29.3 Å². The number of hydrogen-bond acceptors (Lipinski definition) is 2. The van der Waals surface area contributed by atoms with E-state index in [2.05, 4.69) is 10.6 Å². The van der Waals surface area contributed by atoms with E-state index in [0.29, 0.717) is 22.7 Å². The van der Waals surface area contributed by atoms with Crippen LogP contribution in [0.25, 0.3) is 0 Å². The van der Waals surface area contributed by atoms with Gasteiger partial charge in [0.25, 0.3) is 11.8 Å². The first-order valence-electron chi connectivity index (χ1n) is 10.5. The van der Waals surface area contributed by atoms with Crippen LogP contribution >= 0.6 is 11.6 Å². The molecule has 0 saturated heterocycles. The quantitative estimate of drug-likeness (QED) is 0.651. The minimum atomic E-state index is -0.103. The Balaban J connectivity index is 1.20. The van der Waals surface area contributed by atoms with Crippen LogP contribution < -0.4 is 15.5 Å². The maximum absolute atomic E-state index is 12.4. The molecular weight excluding hydrogens is 374 g/mol. The second-order valence-corrected chi connectivity index (χ2v) is 10.00. The molecule has 5 rings (SSSR count). The fraction of sp³-hybridized carbons (Fsp3) is 0.636. The Hall–Kier alpha value is -1.59. The molecule has 4 bridgehead atoms. The Morgan fingerprint density at radius 3 is 2.11 bits per heavy atom. The van der Waals surface area contributed by atoms with Gasteiger partial charge in [-0.15, -0.1) is 0 Å². The zero-order valence-corrected chi connectivity index (χ0v) is 17.4. The van der Waals surface area contributed by atoms with Gasteiger partial charge in [-0.25, -0.2) is 0 Å². The molecule has 2 amide bonds. The van der Waals surface area contributed by atoms with E-state index in [9.17, 15) is 9.59 Å². The van der Waals surface area contributed by atoms with Crippen molar-refractivity contribution in [3.63, 3.8) is 0 Å². The molecule has 4 saturated carbocycles. The lowest BCUT2D eigenvalue weighted by molar-refractivity contribution is -0.862. The SMILES string of the molecule is C[NH+](CC(=O)NCC12CC3CC(CC(C3)C1)C2)CC(=O)Nc1ccc(Cl)cc1. The van der Waals surface area contributed by atoms with E-state index in [1.165, 1.54) is 38.5 Å². The Labute approximate surface area is 172 Å². The second kappa shape index (κ2) is 8.03. The number of carbonyl (C=O) groups excluding carboxylic acids is 2. The lowest BCUT2D eigenvalue weighted by atomic mass is 9.49. The molecular formula is C22H31ClN3O2+. The molecule has 6 heteroatoms. The van der Waals surface area contributed by atoms with Gasteiger partial charge in [0.15, 0.2) is 13.1 Å². The third kappa shape index (κ3) is 4.69. The first-order valence-corrected chi connectivity index (χ1v) is 10.9. The molecule has 3 N–H and O–H groups in total. The van der Waals surface area contributed by atoms with Crippen LogP contribution in [0.2, 0.25) is 5.02 Å². The second-order valence-electron chi connectivity index (χ2n) is 9.56. The number of hydrogen-bond donors (Lipinski definition) is 3. The molecule has 0 aromatic heterocycles. The Morgan fingerprint density at radius 1 is 1.00 bits per heavy atom.